The Morgan fingerprint density at radius 3 is 2.14 bits per heavy atom. The normalized spacial score (nSPS) is 24.0. The topological polar surface area (TPSA) is 29.5 Å². The molecule has 0 bridgehead atoms. The molecule has 2 aliphatic rings. The summed E-state index contributed by atoms with van der Waals surface area (Å²) in [4.78, 5) is 14.7. The second kappa shape index (κ2) is 9.45. The molecule has 1 saturated heterocycles. The fraction of sp³-hybridized carbons (Fsp3) is 0.944. The molecule has 21 heavy (non-hydrogen) atoms. The second-order valence-electron chi connectivity index (χ2n) is 6.78. The monoisotopic (exact) mass is 295 g/mol. The summed E-state index contributed by atoms with van der Waals surface area (Å²) < 4.78 is 5.25. The third-order valence-electron chi connectivity index (χ3n) is 5.23. The van der Waals surface area contributed by atoms with Crippen LogP contribution in [-0.4, -0.2) is 36.6 Å². The summed E-state index contributed by atoms with van der Waals surface area (Å²) in [6, 6.07) is 0.431. The van der Waals surface area contributed by atoms with E-state index in [4.69, 9.17) is 4.74 Å². The highest BCUT2D eigenvalue weighted by atomic mass is 16.5. The fourth-order valence-corrected chi connectivity index (χ4v) is 4.11. The van der Waals surface area contributed by atoms with Crippen LogP contribution in [0.2, 0.25) is 0 Å². The van der Waals surface area contributed by atoms with E-state index in [1.807, 2.05) is 6.92 Å². The van der Waals surface area contributed by atoms with Gasteiger partial charge in [-0.15, -0.1) is 0 Å². The summed E-state index contributed by atoms with van der Waals surface area (Å²) in [6.45, 7) is 4.78. The molecule has 0 amide bonds. The third-order valence-corrected chi connectivity index (χ3v) is 5.23. The minimum atomic E-state index is 0.0102. The number of esters is 1. The maximum absolute atomic E-state index is 12.1. The Morgan fingerprint density at radius 1 is 1.00 bits per heavy atom. The summed E-state index contributed by atoms with van der Waals surface area (Å²) in [7, 11) is 0. The summed E-state index contributed by atoms with van der Waals surface area (Å²) in [5.41, 5.74) is 0. The molecule has 122 valence electrons. The molecule has 1 atom stereocenters. The Bertz CT molecular complexity index is 270. The minimum absolute atomic E-state index is 0.0102. The molecule has 0 radical (unpaired) electrons. The van der Waals surface area contributed by atoms with Crippen LogP contribution in [0, 0.1) is 5.92 Å². The van der Waals surface area contributed by atoms with E-state index in [0.717, 1.165) is 0 Å². The molecule has 1 saturated carbocycles. The van der Waals surface area contributed by atoms with Crippen molar-refractivity contribution in [1.29, 1.82) is 0 Å². The predicted molar refractivity (Wildman–Crippen MR) is 86.3 cm³/mol. The predicted octanol–water partition coefficient (Wildman–Crippen LogP) is 4.15. The molecule has 0 aromatic rings. The number of ether oxygens (including phenoxy) is 1. The van der Waals surface area contributed by atoms with Crippen molar-refractivity contribution < 1.29 is 9.53 Å². The van der Waals surface area contributed by atoms with Gasteiger partial charge in [0.05, 0.1) is 13.0 Å². The highest BCUT2D eigenvalue weighted by Crippen LogP contribution is 2.31. The number of rotatable bonds is 5. The zero-order valence-corrected chi connectivity index (χ0v) is 13.8. The molecule has 0 aromatic carbocycles. The van der Waals surface area contributed by atoms with Gasteiger partial charge in [0.2, 0.25) is 0 Å². The lowest BCUT2D eigenvalue weighted by Crippen LogP contribution is -2.43. The number of nitrogens with zero attached hydrogens (tertiary/aromatic N) is 1. The average molecular weight is 295 g/mol. The van der Waals surface area contributed by atoms with Crippen molar-refractivity contribution in [3.05, 3.63) is 0 Å². The summed E-state index contributed by atoms with van der Waals surface area (Å²) >= 11 is 0. The number of hydrogen-bond donors (Lipinski definition) is 0. The van der Waals surface area contributed by atoms with Gasteiger partial charge >= 0.3 is 5.97 Å². The average Bonchev–Trinajstić information content (AvgIpc) is 2.90. The summed E-state index contributed by atoms with van der Waals surface area (Å²) in [5, 5.41) is 0. The van der Waals surface area contributed by atoms with Crippen molar-refractivity contribution >= 4 is 5.97 Å². The van der Waals surface area contributed by atoms with Crippen LogP contribution in [0.1, 0.15) is 77.6 Å². The third kappa shape index (κ3) is 5.61. The summed E-state index contributed by atoms with van der Waals surface area (Å²) in [5.74, 6) is 0.714. The maximum Gasteiger partial charge on any atom is 0.307 e. The van der Waals surface area contributed by atoms with Crippen LogP contribution in [0.25, 0.3) is 0 Å². The Balaban J connectivity index is 2.01. The smallest absolute Gasteiger partial charge is 0.307 e. The van der Waals surface area contributed by atoms with Crippen molar-refractivity contribution in [3.8, 4) is 0 Å². The highest BCUT2D eigenvalue weighted by Gasteiger charge is 2.30. The zero-order chi connectivity index (χ0) is 14.9. The molecule has 0 spiro atoms. The Hall–Kier alpha value is -0.570. The number of carbonyl (C=O) groups is 1. The molecule has 1 aliphatic carbocycles. The van der Waals surface area contributed by atoms with Gasteiger partial charge in [0.15, 0.2) is 0 Å². The van der Waals surface area contributed by atoms with E-state index in [2.05, 4.69) is 4.90 Å². The van der Waals surface area contributed by atoms with Crippen LogP contribution in [0.5, 0.6) is 0 Å². The molecule has 2 rings (SSSR count). The van der Waals surface area contributed by atoms with Gasteiger partial charge in [0, 0.05) is 6.04 Å². The van der Waals surface area contributed by atoms with Gasteiger partial charge in [-0.25, -0.2) is 0 Å². The first-order chi connectivity index (χ1) is 10.3. The zero-order valence-electron chi connectivity index (χ0n) is 13.8. The Morgan fingerprint density at radius 2 is 1.57 bits per heavy atom. The molecule has 1 aliphatic heterocycles. The number of hydrogen-bond acceptors (Lipinski definition) is 3. The van der Waals surface area contributed by atoms with Gasteiger partial charge in [0.1, 0.15) is 0 Å². The Kier molecular flexibility index (Phi) is 7.56. The largest absolute Gasteiger partial charge is 0.466 e. The molecular formula is C18H33NO2. The van der Waals surface area contributed by atoms with Gasteiger partial charge in [-0.05, 0) is 51.6 Å². The van der Waals surface area contributed by atoms with Crippen molar-refractivity contribution in [3.63, 3.8) is 0 Å². The molecule has 2 fully saturated rings. The van der Waals surface area contributed by atoms with Gasteiger partial charge < -0.3 is 4.74 Å². The molecule has 1 unspecified atom stereocenters. The van der Waals surface area contributed by atoms with E-state index in [1.165, 1.54) is 77.3 Å². The van der Waals surface area contributed by atoms with Crippen LogP contribution in [0.4, 0.5) is 0 Å². The highest BCUT2D eigenvalue weighted by molar-refractivity contribution is 5.70. The van der Waals surface area contributed by atoms with E-state index in [9.17, 15) is 4.79 Å². The van der Waals surface area contributed by atoms with E-state index in [1.54, 1.807) is 0 Å². The lowest BCUT2D eigenvalue weighted by Gasteiger charge is -2.36. The SMILES string of the molecule is CCOC(=O)CC(C1CCCCCC1)N1CCCCCC1. The summed E-state index contributed by atoms with van der Waals surface area (Å²) in [6.07, 6.45) is 14.0. The van der Waals surface area contributed by atoms with Crippen molar-refractivity contribution in [1.82, 2.24) is 4.90 Å². The lowest BCUT2D eigenvalue weighted by atomic mass is 9.88. The van der Waals surface area contributed by atoms with Crippen molar-refractivity contribution in [2.45, 2.75) is 83.6 Å². The molecule has 3 heteroatoms. The van der Waals surface area contributed by atoms with E-state index in [-0.39, 0.29) is 5.97 Å². The molecular weight excluding hydrogens is 262 g/mol. The first kappa shape index (κ1) is 16.8. The van der Waals surface area contributed by atoms with Crippen LogP contribution >= 0.6 is 0 Å². The van der Waals surface area contributed by atoms with E-state index >= 15 is 0 Å². The van der Waals surface area contributed by atoms with Gasteiger partial charge in [0.25, 0.3) is 0 Å². The van der Waals surface area contributed by atoms with Crippen LogP contribution < -0.4 is 0 Å². The van der Waals surface area contributed by atoms with Crippen LogP contribution in [0.15, 0.2) is 0 Å². The van der Waals surface area contributed by atoms with Gasteiger partial charge in [-0.2, -0.15) is 0 Å². The van der Waals surface area contributed by atoms with Gasteiger partial charge in [-0.3, -0.25) is 9.69 Å². The quantitative estimate of drug-likeness (QED) is 0.563. The number of likely N-dealkylation sites (tertiary alicyclic amines) is 1. The van der Waals surface area contributed by atoms with Crippen molar-refractivity contribution in [2.24, 2.45) is 5.92 Å². The first-order valence-electron chi connectivity index (χ1n) is 9.21. The second-order valence-corrected chi connectivity index (χ2v) is 6.78. The standard InChI is InChI=1S/C18H33NO2/c1-2-21-18(20)15-17(16-11-7-3-4-8-12-16)19-13-9-5-6-10-14-19/h16-17H,2-15H2,1H3. The van der Waals surface area contributed by atoms with Gasteiger partial charge in [-0.1, -0.05) is 38.5 Å². The first-order valence-corrected chi connectivity index (χ1v) is 9.21. The maximum atomic E-state index is 12.1. The number of carbonyl (C=O) groups excluding carboxylic acids is 1. The lowest BCUT2D eigenvalue weighted by molar-refractivity contribution is -0.145. The Labute approximate surface area is 130 Å². The molecule has 0 N–H and O–H groups in total. The molecule has 1 heterocycles. The van der Waals surface area contributed by atoms with Crippen molar-refractivity contribution in [2.75, 3.05) is 19.7 Å². The minimum Gasteiger partial charge on any atom is -0.466 e. The fourth-order valence-electron chi connectivity index (χ4n) is 4.11. The molecule has 0 aromatic heterocycles. The van der Waals surface area contributed by atoms with Crippen LogP contribution in [0.3, 0.4) is 0 Å². The molecule has 3 nitrogen and oxygen atoms in total. The van der Waals surface area contributed by atoms with E-state index < -0.39 is 0 Å². The van der Waals surface area contributed by atoms with E-state index in [0.29, 0.717) is 25.0 Å². The van der Waals surface area contributed by atoms with Crippen LogP contribution in [-0.2, 0) is 9.53 Å².